The van der Waals surface area contributed by atoms with Crippen LogP contribution in [0.3, 0.4) is 0 Å². The van der Waals surface area contributed by atoms with E-state index in [-0.39, 0.29) is 0 Å². The average molecular weight is 348 g/mol. The van der Waals surface area contributed by atoms with E-state index in [1.54, 1.807) is 5.57 Å². The first-order valence-corrected chi connectivity index (χ1v) is 10.2. The molecule has 0 heterocycles. The molecule has 27 heavy (non-hydrogen) atoms. The zero-order valence-electron chi connectivity index (χ0n) is 16.0. The highest BCUT2D eigenvalue weighted by Gasteiger charge is 2.41. The molecule has 3 aliphatic carbocycles. The number of fused-ring (bicyclic) bond motifs is 4. The van der Waals surface area contributed by atoms with Crippen LogP contribution in [0.25, 0.3) is 27.1 Å². The molecule has 1 saturated carbocycles. The highest BCUT2D eigenvalue weighted by molar-refractivity contribution is 6.10. The third-order valence-corrected chi connectivity index (χ3v) is 7.09. The Balaban J connectivity index is 1.62. The molecule has 0 radical (unpaired) electrons. The molecule has 132 valence electrons. The molecule has 0 bridgehead atoms. The standard InChI is InChI=1S/C27H24/c1-16-23-6-3-4-7-24(23)17(2)27-25(16)8-5-9-26(27)19-11-10-18-12-21-15-22(21)14-20(18)13-19/h3-11,13-14,18,21-22H,12,15H2,1-2H3. The zero-order chi connectivity index (χ0) is 18.1. The van der Waals surface area contributed by atoms with E-state index in [0.717, 1.165) is 11.8 Å². The summed E-state index contributed by atoms with van der Waals surface area (Å²) in [6, 6.07) is 15.7. The Morgan fingerprint density at radius 1 is 0.815 bits per heavy atom. The van der Waals surface area contributed by atoms with Crippen molar-refractivity contribution in [3.05, 3.63) is 89.0 Å². The van der Waals surface area contributed by atoms with Crippen molar-refractivity contribution in [3.63, 3.8) is 0 Å². The number of aryl methyl sites for hydroxylation is 2. The summed E-state index contributed by atoms with van der Waals surface area (Å²) in [4.78, 5) is 0. The SMILES string of the molecule is Cc1c2ccccc2c(C)c2c(C3=CC4=CC5CC5CC4C=C3)cccc12. The number of hydrogen-bond acceptors (Lipinski definition) is 0. The molecule has 0 nitrogen and oxygen atoms in total. The molecule has 0 amide bonds. The van der Waals surface area contributed by atoms with Crippen molar-refractivity contribution >= 4 is 27.1 Å². The summed E-state index contributed by atoms with van der Waals surface area (Å²) < 4.78 is 0. The van der Waals surface area contributed by atoms with Gasteiger partial charge in [0.15, 0.2) is 0 Å². The van der Waals surface area contributed by atoms with E-state index < -0.39 is 0 Å². The highest BCUT2D eigenvalue weighted by Crippen LogP contribution is 2.52. The lowest BCUT2D eigenvalue weighted by atomic mass is 9.80. The second-order valence-corrected chi connectivity index (χ2v) is 8.65. The van der Waals surface area contributed by atoms with E-state index in [1.807, 2.05) is 0 Å². The van der Waals surface area contributed by atoms with Gasteiger partial charge in [0, 0.05) is 5.92 Å². The van der Waals surface area contributed by atoms with Crippen molar-refractivity contribution in [2.75, 3.05) is 0 Å². The fraction of sp³-hybridized carbons (Fsp3) is 0.259. The highest BCUT2D eigenvalue weighted by atomic mass is 14.5. The van der Waals surface area contributed by atoms with Crippen LogP contribution in [0.5, 0.6) is 0 Å². The van der Waals surface area contributed by atoms with Gasteiger partial charge in [-0.15, -0.1) is 0 Å². The second-order valence-electron chi connectivity index (χ2n) is 8.65. The van der Waals surface area contributed by atoms with Gasteiger partial charge in [-0.2, -0.15) is 0 Å². The van der Waals surface area contributed by atoms with E-state index in [1.165, 1.54) is 56.6 Å². The summed E-state index contributed by atoms with van der Waals surface area (Å²) in [5.41, 5.74) is 7.10. The van der Waals surface area contributed by atoms with Crippen LogP contribution in [0, 0.1) is 31.6 Å². The summed E-state index contributed by atoms with van der Waals surface area (Å²) in [5.74, 6) is 2.48. The van der Waals surface area contributed by atoms with E-state index in [0.29, 0.717) is 5.92 Å². The van der Waals surface area contributed by atoms with Crippen LogP contribution in [0.1, 0.15) is 29.5 Å². The molecule has 0 N–H and O–H groups in total. The molecule has 6 rings (SSSR count). The number of hydrogen-bond donors (Lipinski definition) is 0. The van der Waals surface area contributed by atoms with Crippen molar-refractivity contribution in [2.45, 2.75) is 26.7 Å². The van der Waals surface area contributed by atoms with Crippen molar-refractivity contribution < 1.29 is 0 Å². The Labute approximate surface area is 160 Å². The molecule has 0 heteroatoms. The second kappa shape index (κ2) is 5.45. The van der Waals surface area contributed by atoms with Crippen molar-refractivity contribution in [1.82, 2.24) is 0 Å². The normalized spacial score (nSPS) is 25.8. The lowest BCUT2D eigenvalue weighted by Crippen LogP contribution is -2.09. The maximum absolute atomic E-state index is 2.56. The van der Waals surface area contributed by atoms with E-state index >= 15 is 0 Å². The Morgan fingerprint density at radius 3 is 2.44 bits per heavy atom. The number of benzene rings is 3. The molecule has 0 aliphatic heterocycles. The smallest absolute Gasteiger partial charge is 0.00213 e. The van der Waals surface area contributed by atoms with Crippen molar-refractivity contribution in [1.29, 1.82) is 0 Å². The van der Waals surface area contributed by atoms with Crippen molar-refractivity contribution in [2.24, 2.45) is 17.8 Å². The van der Waals surface area contributed by atoms with Gasteiger partial charge in [-0.05, 0) is 87.9 Å². The van der Waals surface area contributed by atoms with Crippen LogP contribution in [0.4, 0.5) is 0 Å². The van der Waals surface area contributed by atoms with Gasteiger partial charge in [0.25, 0.3) is 0 Å². The lowest BCUT2D eigenvalue weighted by molar-refractivity contribution is 0.573. The molecule has 3 unspecified atom stereocenters. The zero-order valence-corrected chi connectivity index (χ0v) is 16.0. The third-order valence-electron chi connectivity index (χ3n) is 7.09. The number of allylic oxidation sites excluding steroid dienone is 6. The van der Waals surface area contributed by atoms with Gasteiger partial charge in [-0.25, -0.2) is 0 Å². The van der Waals surface area contributed by atoms with Gasteiger partial charge in [-0.3, -0.25) is 0 Å². The molecule has 1 fully saturated rings. The Morgan fingerprint density at radius 2 is 1.59 bits per heavy atom. The molecular weight excluding hydrogens is 324 g/mol. The minimum absolute atomic E-state index is 0.649. The summed E-state index contributed by atoms with van der Waals surface area (Å²) in [6.07, 6.45) is 12.6. The summed E-state index contributed by atoms with van der Waals surface area (Å²) in [5, 5.41) is 5.57. The maximum Gasteiger partial charge on any atom is 0.00213 e. The van der Waals surface area contributed by atoms with Crippen LogP contribution in [0.2, 0.25) is 0 Å². The Hall–Kier alpha value is -2.60. The first-order chi connectivity index (χ1) is 13.2. The molecular formula is C27H24. The molecule has 3 aromatic rings. The van der Waals surface area contributed by atoms with Gasteiger partial charge >= 0.3 is 0 Å². The van der Waals surface area contributed by atoms with Gasteiger partial charge in [0.05, 0.1) is 0 Å². The molecule has 0 saturated heterocycles. The Bertz CT molecular complexity index is 1200. The summed E-state index contributed by atoms with van der Waals surface area (Å²) in [6.45, 7) is 4.56. The third kappa shape index (κ3) is 2.22. The summed E-state index contributed by atoms with van der Waals surface area (Å²) in [7, 11) is 0. The van der Waals surface area contributed by atoms with Gasteiger partial charge < -0.3 is 0 Å². The van der Waals surface area contributed by atoms with Gasteiger partial charge in [0.1, 0.15) is 0 Å². The van der Waals surface area contributed by atoms with E-state index in [9.17, 15) is 0 Å². The van der Waals surface area contributed by atoms with Crippen LogP contribution >= 0.6 is 0 Å². The molecule has 3 atom stereocenters. The Kier molecular flexibility index (Phi) is 3.12. The van der Waals surface area contributed by atoms with Crippen molar-refractivity contribution in [3.8, 4) is 0 Å². The van der Waals surface area contributed by atoms with Crippen LogP contribution in [-0.4, -0.2) is 0 Å². The topological polar surface area (TPSA) is 0 Å². The van der Waals surface area contributed by atoms with E-state index in [4.69, 9.17) is 0 Å². The minimum atomic E-state index is 0.649. The van der Waals surface area contributed by atoms with Crippen LogP contribution < -0.4 is 0 Å². The van der Waals surface area contributed by atoms with Crippen LogP contribution in [0.15, 0.2) is 72.3 Å². The predicted octanol–water partition coefficient (Wildman–Crippen LogP) is 7.15. The molecule has 0 spiro atoms. The van der Waals surface area contributed by atoms with Gasteiger partial charge in [-0.1, -0.05) is 66.8 Å². The largest absolute Gasteiger partial charge is 0.0773 e. The molecule has 3 aliphatic rings. The number of rotatable bonds is 1. The van der Waals surface area contributed by atoms with Crippen LogP contribution in [-0.2, 0) is 0 Å². The molecule has 3 aromatic carbocycles. The quantitative estimate of drug-likeness (QED) is 0.410. The molecule has 0 aromatic heterocycles. The average Bonchev–Trinajstić information content (AvgIpc) is 3.47. The van der Waals surface area contributed by atoms with E-state index in [2.05, 4.69) is 80.6 Å². The predicted molar refractivity (Wildman–Crippen MR) is 116 cm³/mol. The first-order valence-electron chi connectivity index (χ1n) is 10.2. The fourth-order valence-electron chi connectivity index (χ4n) is 5.47. The lowest BCUT2D eigenvalue weighted by Gasteiger charge is -2.24. The van der Waals surface area contributed by atoms with Gasteiger partial charge in [0.2, 0.25) is 0 Å². The maximum atomic E-state index is 2.56. The summed E-state index contributed by atoms with van der Waals surface area (Å²) >= 11 is 0. The monoisotopic (exact) mass is 348 g/mol. The fourth-order valence-corrected chi connectivity index (χ4v) is 5.47. The first kappa shape index (κ1) is 15.5. The minimum Gasteiger partial charge on any atom is -0.0773 e.